The lowest BCUT2D eigenvalue weighted by atomic mass is 9.73. The highest BCUT2D eigenvalue weighted by Gasteiger charge is 2.42. The highest BCUT2D eigenvalue weighted by molar-refractivity contribution is 9.11. The van der Waals surface area contributed by atoms with Crippen LogP contribution < -0.4 is 0 Å². The molecule has 150 valence electrons. The SMILES string of the molecule is O=C(O)CC(Cc1cc(Br)cc(Br)c1O)(Cc1cc(Br)cc(Br)c1O)C(=O)O. The van der Waals surface area contributed by atoms with Gasteiger partial charge in [-0.3, -0.25) is 9.59 Å². The van der Waals surface area contributed by atoms with Crippen LogP contribution in [-0.2, 0) is 22.4 Å². The van der Waals surface area contributed by atoms with Gasteiger partial charge >= 0.3 is 11.9 Å². The predicted molar refractivity (Wildman–Crippen MR) is 117 cm³/mol. The van der Waals surface area contributed by atoms with Crippen LogP contribution >= 0.6 is 63.7 Å². The molecule has 0 amide bonds. The van der Waals surface area contributed by atoms with Gasteiger partial charge in [0.1, 0.15) is 11.5 Å². The van der Waals surface area contributed by atoms with E-state index in [0.29, 0.717) is 17.9 Å². The summed E-state index contributed by atoms with van der Waals surface area (Å²) in [5, 5.41) is 40.0. The summed E-state index contributed by atoms with van der Waals surface area (Å²) >= 11 is 13.0. The summed E-state index contributed by atoms with van der Waals surface area (Å²) in [6.45, 7) is 0. The molecular formula is C18H14Br4O6. The number of halogens is 4. The molecule has 2 rings (SSSR count). The van der Waals surface area contributed by atoms with Crippen LogP contribution in [0.1, 0.15) is 17.5 Å². The number of carbonyl (C=O) groups is 2. The van der Waals surface area contributed by atoms with E-state index in [9.17, 15) is 30.0 Å². The molecule has 0 spiro atoms. The average molecular weight is 646 g/mol. The Kier molecular flexibility index (Phi) is 7.57. The summed E-state index contributed by atoms with van der Waals surface area (Å²) in [5.41, 5.74) is -1.28. The number of aliphatic carboxylic acids is 2. The molecular weight excluding hydrogens is 632 g/mol. The van der Waals surface area contributed by atoms with E-state index in [-0.39, 0.29) is 35.5 Å². The molecule has 0 saturated carbocycles. The fourth-order valence-corrected chi connectivity index (χ4v) is 5.57. The second kappa shape index (κ2) is 9.15. The molecule has 0 bridgehead atoms. The summed E-state index contributed by atoms with van der Waals surface area (Å²) in [4.78, 5) is 23.8. The summed E-state index contributed by atoms with van der Waals surface area (Å²) in [6.07, 6.45) is -1.22. The highest BCUT2D eigenvalue weighted by Crippen LogP contribution is 2.42. The molecule has 0 unspecified atom stereocenters. The minimum absolute atomic E-state index is 0.168. The van der Waals surface area contributed by atoms with E-state index < -0.39 is 23.8 Å². The van der Waals surface area contributed by atoms with Crippen LogP contribution in [0.25, 0.3) is 0 Å². The molecule has 0 aliphatic rings. The number of carboxylic acid groups (broad SMARTS) is 2. The van der Waals surface area contributed by atoms with Crippen LogP contribution in [0.4, 0.5) is 0 Å². The van der Waals surface area contributed by atoms with Gasteiger partial charge in [-0.1, -0.05) is 31.9 Å². The van der Waals surface area contributed by atoms with Crippen LogP contribution in [0.15, 0.2) is 42.2 Å². The van der Waals surface area contributed by atoms with E-state index in [1.54, 1.807) is 12.1 Å². The maximum atomic E-state index is 12.3. The van der Waals surface area contributed by atoms with Gasteiger partial charge in [0.05, 0.1) is 20.8 Å². The maximum absolute atomic E-state index is 12.3. The van der Waals surface area contributed by atoms with Crippen molar-refractivity contribution in [1.29, 1.82) is 0 Å². The van der Waals surface area contributed by atoms with Gasteiger partial charge in [0.2, 0.25) is 0 Å². The fourth-order valence-electron chi connectivity index (χ4n) is 2.94. The van der Waals surface area contributed by atoms with Gasteiger partial charge in [-0.2, -0.15) is 0 Å². The van der Waals surface area contributed by atoms with Gasteiger partial charge in [-0.05, 0) is 80.1 Å². The number of benzene rings is 2. The highest BCUT2D eigenvalue weighted by atomic mass is 79.9. The molecule has 0 atom stereocenters. The molecule has 2 aromatic carbocycles. The zero-order valence-corrected chi connectivity index (χ0v) is 20.4. The number of phenols is 2. The summed E-state index contributed by atoms with van der Waals surface area (Å²) < 4.78 is 1.88. The zero-order valence-electron chi connectivity index (χ0n) is 14.0. The molecule has 28 heavy (non-hydrogen) atoms. The third kappa shape index (κ3) is 5.28. The van der Waals surface area contributed by atoms with E-state index in [1.807, 2.05) is 0 Å². The van der Waals surface area contributed by atoms with E-state index in [0.717, 1.165) is 0 Å². The standard InChI is InChI=1S/C18H14Br4O6/c19-10-1-8(15(25)12(21)3-10)5-18(17(27)28,7-14(23)24)6-9-2-11(20)4-13(22)16(9)26/h1-4,25-26H,5-7H2,(H,23,24)(H,27,28). The Bertz CT molecular complexity index is 885. The third-order valence-electron chi connectivity index (χ3n) is 4.22. The van der Waals surface area contributed by atoms with Crippen molar-refractivity contribution < 1.29 is 30.0 Å². The second-order valence-corrected chi connectivity index (χ2v) is 9.84. The van der Waals surface area contributed by atoms with Crippen molar-refractivity contribution in [1.82, 2.24) is 0 Å². The van der Waals surface area contributed by atoms with E-state index in [2.05, 4.69) is 63.7 Å². The lowest BCUT2D eigenvalue weighted by molar-refractivity contribution is -0.155. The van der Waals surface area contributed by atoms with Crippen molar-refractivity contribution in [3.05, 3.63) is 53.3 Å². The number of phenolic OH excluding ortho intramolecular Hbond substituents is 2. The molecule has 0 aliphatic heterocycles. The van der Waals surface area contributed by atoms with E-state index in [4.69, 9.17) is 0 Å². The second-order valence-electron chi connectivity index (χ2n) is 6.30. The van der Waals surface area contributed by atoms with Crippen LogP contribution in [0.2, 0.25) is 0 Å². The van der Waals surface area contributed by atoms with Gasteiger partial charge in [-0.25, -0.2) is 0 Å². The Morgan fingerprint density at radius 2 is 1.18 bits per heavy atom. The Labute approximate surface area is 194 Å². The first kappa shape index (κ1) is 23.2. The summed E-state index contributed by atoms with van der Waals surface area (Å²) in [5.74, 6) is -2.98. The maximum Gasteiger partial charge on any atom is 0.310 e. The molecule has 0 radical (unpaired) electrons. The molecule has 2 aromatic rings. The average Bonchev–Trinajstić information content (AvgIpc) is 2.55. The minimum Gasteiger partial charge on any atom is -0.506 e. The first-order valence-electron chi connectivity index (χ1n) is 7.74. The van der Waals surface area contributed by atoms with Crippen molar-refractivity contribution in [2.75, 3.05) is 0 Å². The smallest absolute Gasteiger partial charge is 0.310 e. The largest absolute Gasteiger partial charge is 0.506 e. The van der Waals surface area contributed by atoms with Crippen molar-refractivity contribution >= 4 is 75.7 Å². The van der Waals surface area contributed by atoms with Crippen molar-refractivity contribution in [2.45, 2.75) is 19.3 Å². The van der Waals surface area contributed by atoms with Gasteiger partial charge in [0.15, 0.2) is 0 Å². The molecule has 10 heteroatoms. The molecule has 0 aliphatic carbocycles. The lowest BCUT2D eigenvalue weighted by Gasteiger charge is -2.29. The van der Waals surface area contributed by atoms with E-state index in [1.165, 1.54) is 12.1 Å². The van der Waals surface area contributed by atoms with Gasteiger partial charge in [0.25, 0.3) is 0 Å². The van der Waals surface area contributed by atoms with Crippen LogP contribution in [0.5, 0.6) is 11.5 Å². The molecule has 0 saturated heterocycles. The zero-order chi connectivity index (χ0) is 21.2. The first-order valence-corrected chi connectivity index (χ1v) is 10.9. The Balaban J connectivity index is 2.61. The van der Waals surface area contributed by atoms with Crippen molar-refractivity contribution in [2.24, 2.45) is 5.41 Å². The van der Waals surface area contributed by atoms with Crippen molar-refractivity contribution in [3.63, 3.8) is 0 Å². The minimum atomic E-state index is -1.80. The Morgan fingerprint density at radius 1 is 0.786 bits per heavy atom. The van der Waals surface area contributed by atoms with Crippen LogP contribution in [-0.4, -0.2) is 32.4 Å². The Hall–Kier alpha value is -1.10. The molecule has 0 fully saturated rings. The third-order valence-corrected chi connectivity index (χ3v) is 6.34. The van der Waals surface area contributed by atoms with E-state index >= 15 is 0 Å². The van der Waals surface area contributed by atoms with Crippen LogP contribution in [0, 0.1) is 5.41 Å². The van der Waals surface area contributed by atoms with Gasteiger partial charge in [-0.15, -0.1) is 0 Å². The number of rotatable bonds is 7. The monoisotopic (exact) mass is 642 g/mol. The molecule has 6 nitrogen and oxygen atoms in total. The predicted octanol–water partition coefficient (Wildman–Crippen LogP) is 5.48. The number of carboxylic acids is 2. The topological polar surface area (TPSA) is 115 Å². The lowest BCUT2D eigenvalue weighted by Crippen LogP contribution is -2.38. The molecule has 4 N–H and O–H groups in total. The number of hydrogen-bond acceptors (Lipinski definition) is 4. The molecule has 0 aromatic heterocycles. The fraction of sp³-hybridized carbons (Fsp3) is 0.222. The van der Waals surface area contributed by atoms with Crippen molar-refractivity contribution in [3.8, 4) is 11.5 Å². The summed E-state index contributed by atoms with van der Waals surface area (Å²) in [7, 11) is 0. The quantitative estimate of drug-likeness (QED) is 0.317. The van der Waals surface area contributed by atoms with Gasteiger partial charge in [0, 0.05) is 8.95 Å². The number of aromatic hydroxyl groups is 2. The first-order chi connectivity index (χ1) is 12.9. The molecule has 0 heterocycles. The summed E-state index contributed by atoms with van der Waals surface area (Å²) in [6, 6.07) is 6.26. The van der Waals surface area contributed by atoms with Crippen LogP contribution in [0.3, 0.4) is 0 Å². The Morgan fingerprint density at radius 3 is 1.50 bits per heavy atom. The normalized spacial score (nSPS) is 11.4. The number of hydrogen-bond donors (Lipinski definition) is 4. The van der Waals surface area contributed by atoms with Gasteiger partial charge < -0.3 is 20.4 Å².